The minimum atomic E-state index is -1.20. The predicted molar refractivity (Wildman–Crippen MR) is 200 cm³/mol. The quantitative estimate of drug-likeness (QED) is 0.0865. The second kappa shape index (κ2) is 19.8. The summed E-state index contributed by atoms with van der Waals surface area (Å²) in [6, 6.07) is 12.5. The summed E-state index contributed by atoms with van der Waals surface area (Å²) >= 11 is 0. The van der Waals surface area contributed by atoms with Gasteiger partial charge in [-0.1, -0.05) is 64.4 Å². The number of carbonyl (C=O) groups is 3. The average Bonchev–Trinajstić information content (AvgIpc) is 3.40. The highest BCUT2D eigenvalue weighted by Crippen LogP contribution is 2.39. The van der Waals surface area contributed by atoms with Gasteiger partial charge in [-0.15, -0.1) is 0 Å². The molecule has 3 heterocycles. The van der Waals surface area contributed by atoms with Gasteiger partial charge in [0, 0.05) is 67.3 Å². The zero-order valence-corrected chi connectivity index (χ0v) is 30.4. The fourth-order valence-electron chi connectivity index (χ4n) is 7.41. The Labute approximate surface area is 303 Å². The molecule has 12 heteroatoms. The summed E-state index contributed by atoms with van der Waals surface area (Å²) in [5.41, 5.74) is 9.38. The Bertz CT molecular complexity index is 1420. The highest BCUT2D eigenvalue weighted by Gasteiger charge is 2.45. The van der Waals surface area contributed by atoms with Crippen molar-refractivity contribution in [3.63, 3.8) is 0 Å². The van der Waals surface area contributed by atoms with Crippen LogP contribution in [-0.4, -0.2) is 95.8 Å². The van der Waals surface area contributed by atoms with Crippen molar-refractivity contribution in [2.75, 3.05) is 56.0 Å². The van der Waals surface area contributed by atoms with Crippen LogP contribution in [0.25, 0.3) is 0 Å². The average molecular weight is 706 g/mol. The summed E-state index contributed by atoms with van der Waals surface area (Å²) in [6.07, 6.45) is 11.4. The van der Waals surface area contributed by atoms with Crippen LogP contribution in [0.1, 0.15) is 123 Å². The molecule has 0 radical (unpaired) electrons. The minimum absolute atomic E-state index is 0.0882. The summed E-state index contributed by atoms with van der Waals surface area (Å²) in [7, 11) is 0. The number of hydrogen-bond acceptors (Lipinski definition) is 9. The van der Waals surface area contributed by atoms with Crippen molar-refractivity contribution in [1.29, 1.82) is 0 Å². The summed E-state index contributed by atoms with van der Waals surface area (Å²) in [5.74, 6) is -0.887. The molecule has 2 fully saturated rings. The molecule has 12 nitrogen and oxygen atoms in total. The number of fused-ring (bicyclic) bond motifs is 1. The number of aliphatic hydroxyl groups is 2. The lowest BCUT2D eigenvalue weighted by Crippen LogP contribution is -2.54. The number of anilines is 2. The highest BCUT2D eigenvalue weighted by molar-refractivity contribution is 6.03. The zero-order chi connectivity index (χ0) is 36.0. The number of aliphatic hydroxyl groups excluding tert-OH is 2. The van der Waals surface area contributed by atoms with Crippen molar-refractivity contribution in [3.8, 4) is 0 Å². The minimum Gasteiger partial charge on any atom is -0.385 e. The van der Waals surface area contributed by atoms with Gasteiger partial charge < -0.3 is 25.7 Å². The van der Waals surface area contributed by atoms with E-state index in [0.29, 0.717) is 29.5 Å². The zero-order valence-electron chi connectivity index (χ0n) is 30.4. The molecule has 3 aliphatic heterocycles. The molecule has 2 aromatic rings. The summed E-state index contributed by atoms with van der Waals surface area (Å²) in [5, 5.41) is 26.7. The van der Waals surface area contributed by atoms with Gasteiger partial charge in [0.25, 0.3) is 11.8 Å². The highest BCUT2D eigenvalue weighted by atomic mass is 16.3. The second-order valence-corrected chi connectivity index (χ2v) is 14.2. The molecule has 3 amide bonds. The van der Waals surface area contributed by atoms with E-state index < -0.39 is 24.4 Å². The third-order valence-electron chi connectivity index (χ3n) is 10.4. The van der Waals surface area contributed by atoms with Gasteiger partial charge in [-0.25, -0.2) is 5.43 Å². The molecule has 0 aliphatic carbocycles. The first-order valence-corrected chi connectivity index (χ1v) is 19.3. The smallest absolute Gasteiger partial charge is 0.265 e. The molecule has 2 aromatic carbocycles. The third-order valence-corrected chi connectivity index (χ3v) is 10.4. The monoisotopic (exact) mass is 705 g/mol. The second-order valence-electron chi connectivity index (χ2n) is 14.2. The van der Waals surface area contributed by atoms with E-state index in [9.17, 15) is 24.6 Å². The van der Waals surface area contributed by atoms with Crippen molar-refractivity contribution < 1.29 is 24.6 Å². The van der Waals surface area contributed by atoms with E-state index in [1.807, 2.05) is 18.2 Å². The molecular weight excluding hydrogens is 646 g/mol. The number of piperazine rings is 1. The van der Waals surface area contributed by atoms with Crippen LogP contribution >= 0.6 is 0 Å². The van der Waals surface area contributed by atoms with Crippen LogP contribution in [0.5, 0.6) is 0 Å². The molecule has 51 heavy (non-hydrogen) atoms. The van der Waals surface area contributed by atoms with E-state index in [2.05, 4.69) is 50.3 Å². The largest absolute Gasteiger partial charge is 0.385 e. The fraction of sp³-hybridized carbons (Fsp3) is 0.615. The van der Waals surface area contributed by atoms with Crippen molar-refractivity contribution >= 4 is 29.1 Å². The Kier molecular flexibility index (Phi) is 14.9. The van der Waals surface area contributed by atoms with E-state index in [4.69, 9.17) is 0 Å². The van der Waals surface area contributed by atoms with Crippen LogP contribution in [0.2, 0.25) is 0 Å². The van der Waals surface area contributed by atoms with E-state index in [1.165, 1.54) is 62.0 Å². The van der Waals surface area contributed by atoms with E-state index in [1.54, 1.807) is 12.1 Å². The molecule has 2 saturated heterocycles. The number of nitrogens with zero attached hydrogens (tertiary/aromatic N) is 3. The fourth-order valence-corrected chi connectivity index (χ4v) is 7.41. The summed E-state index contributed by atoms with van der Waals surface area (Å²) in [4.78, 5) is 44.3. The molecule has 5 rings (SSSR count). The number of unbranched alkanes of at least 4 members (excludes halogenated alkanes) is 9. The number of carbonyl (C=O) groups excluding carboxylic acids is 3. The Hall–Kier alpha value is -3.71. The maximum absolute atomic E-state index is 13.1. The molecular formula is C39H59N7O5. The normalized spacial score (nSPS) is 20.7. The molecule has 3 atom stereocenters. The van der Waals surface area contributed by atoms with Crippen molar-refractivity contribution in [3.05, 3.63) is 59.2 Å². The molecule has 3 aliphatic rings. The number of hydrogen-bond donors (Lipinski definition) is 6. The van der Waals surface area contributed by atoms with Crippen LogP contribution < -0.4 is 26.4 Å². The molecule has 0 aromatic heterocycles. The van der Waals surface area contributed by atoms with E-state index >= 15 is 0 Å². The maximum Gasteiger partial charge on any atom is 0.265 e. The number of benzene rings is 2. The molecule has 0 saturated carbocycles. The van der Waals surface area contributed by atoms with Crippen LogP contribution in [0.3, 0.4) is 0 Å². The molecule has 3 unspecified atom stereocenters. The first-order valence-electron chi connectivity index (χ1n) is 19.3. The number of amides is 3. The van der Waals surface area contributed by atoms with Gasteiger partial charge in [-0.3, -0.25) is 29.6 Å². The molecule has 0 bridgehead atoms. The Morgan fingerprint density at radius 2 is 1.51 bits per heavy atom. The van der Waals surface area contributed by atoms with Gasteiger partial charge in [0.2, 0.25) is 5.91 Å². The lowest BCUT2D eigenvalue weighted by molar-refractivity contribution is -0.136. The predicted octanol–water partition coefficient (Wildman–Crippen LogP) is 4.51. The summed E-state index contributed by atoms with van der Waals surface area (Å²) in [6.45, 7) is 8.96. The van der Waals surface area contributed by atoms with Gasteiger partial charge in [-0.05, 0) is 75.0 Å². The topological polar surface area (TPSA) is 150 Å². The van der Waals surface area contributed by atoms with E-state index in [-0.39, 0.29) is 11.8 Å². The van der Waals surface area contributed by atoms with Crippen molar-refractivity contribution in [2.24, 2.45) is 0 Å². The standard InChI is InChI=1S/C39H59N7O5/c1-2-3-4-7-11-23-41-43-36(48)29-16-18-30(19-17-29)45-27-25-44(26-28-45)24-12-9-6-5-8-10-22-40-32-15-13-14-31-35(32)39(51)46(38(31)50)33-20-21-34(47)42-37(33)49/h13-19,33-34,39-41,47,51H,2-12,20-28H2,1H3,(H,42,49)(H,43,48). The SMILES string of the molecule is CCCCCCCNNC(=O)c1ccc(N2CCN(CCCCCCCCNc3cccc4c3C(O)N(C3CCC(O)NC3=O)C4=O)CC2)cc1. The first-order chi connectivity index (χ1) is 24.9. The Morgan fingerprint density at radius 1 is 0.824 bits per heavy atom. The number of rotatable bonds is 20. The lowest BCUT2D eigenvalue weighted by atomic mass is 10.0. The van der Waals surface area contributed by atoms with Crippen molar-refractivity contribution in [2.45, 2.75) is 109 Å². The number of nitrogens with one attached hydrogen (secondary N) is 4. The number of piperidine rings is 1. The van der Waals surface area contributed by atoms with Gasteiger partial charge in [0.1, 0.15) is 12.3 Å². The Balaban J connectivity index is 0.908. The third kappa shape index (κ3) is 10.7. The molecule has 280 valence electrons. The van der Waals surface area contributed by atoms with Crippen LogP contribution in [-0.2, 0) is 4.79 Å². The maximum atomic E-state index is 13.1. The molecule has 0 spiro atoms. The van der Waals surface area contributed by atoms with Gasteiger partial charge >= 0.3 is 0 Å². The molecule has 6 N–H and O–H groups in total. The van der Waals surface area contributed by atoms with Gasteiger partial charge in [0.05, 0.1) is 0 Å². The lowest BCUT2D eigenvalue weighted by Gasteiger charge is -2.36. The van der Waals surface area contributed by atoms with Gasteiger partial charge in [-0.2, -0.15) is 0 Å². The van der Waals surface area contributed by atoms with Crippen LogP contribution in [0.15, 0.2) is 42.5 Å². The Morgan fingerprint density at radius 3 is 2.24 bits per heavy atom. The van der Waals surface area contributed by atoms with Crippen LogP contribution in [0, 0.1) is 0 Å². The van der Waals surface area contributed by atoms with Crippen LogP contribution in [0.4, 0.5) is 11.4 Å². The van der Waals surface area contributed by atoms with E-state index in [0.717, 1.165) is 70.8 Å². The van der Waals surface area contributed by atoms with Crippen molar-refractivity contribution in [1.82, 2.24) is 26.0 Å². The summed E-state index contributed by atoms with van der Waals surface area (Å²) < 4.78 is 0. The first kappa shape index (κ1) is 38.5. The van der Waals surface area contributed by atoms with Gasteiger partial charge in [0.15, 0.2) is 6.23 Å². The number of hydrazine groups is 1.